The second kappa shape index (κ2) is 6.02. The van der Waals surface area contributed by atoms with Crippen molar-refractivity contribution in [1.82, 2.24) is 0 Å². The van der Waals surface area contributed by atoms with Gasteiger partial charge in [-0.25, -0.2) is 4.79 Å². The highest BCUT2D eigenvalue weighted by Crippen LogP contribution is 2.02. The molecule has 0 saturated heterocycles. The highest BCUT2D eigenvalue weighted by Gasteiger charge is 2.22. The van der Waals surface area contributed by atoms with E-state index >= 15 is 0 Å². The van der Waals surface area contributed by atoms with Gasteiger partial charge in [-0.1, -0.05) is 30.3 Å². The molecule has 1 atom stereocenters. The van der Waals surface area contributed by atoms with Gasteiger partial charge in [0.1, 0.15) is 12.7 Å². The fourth-order valence-corrected chi connectivity index (χ4v) is 1.07. The highest BCUT2D eigenvalue weighted by atomic mass is 16.5. The Hall–Kier alpha value is -1.68. The van der Waals surface area contributed by atoms with Crippen LogP contribution in [0.25, 0.3) is 0 Å². The van der Waals surface area contributed by atoms with E-state index in [1.54, 1.807) is 0 Å². The third-order valence-corrected chi connectivity index (χ3v) is 2.14. The summed E-state index contributed by atoms with van der Waals surface area (Å²) in [6, 6.07) is 9.17. The van der Waals surface area contributed by atoms with Crippen molar-refractivity contribution in [2.45, 2.75) is 19.6 Å². The first kappa shape index (κ1) is 12.4. The van der Waals surface area contributed by atoms with Crippen LogP contribution >= 0.6 is 0 Å². The van der Waals surface area contributed by atoms with Gasteiger partial charge in [0.15, 0.2) is 0 Å². The molecule has 0 amide bonds. The van der Waals surface area contributed by atoms with E-state index in [1.165, 1.54) is 14.0 Å². The molecule has 86 valence electrons. The lowest BCUT2D eigenvalue weighted by Crippen LogP contribution is -2.29. The summed E-state index contributed by atoms with van der Waals surface area (Å²) in [5.41, 5.74) is 0.841. The maximum Gasteiger partial charge on any atom is 0.377 e. The first-order valence-electron chi connectivity index (χ1n) is 4.93. The van der Waals surface area contributed by atoms with Crippen LogP contribution in [0.15, 0.2) is 30.3 Å². The van der Waals surface area contributed by atoms with Crippen molar-refractivity contribution >= 4 is 11.8 Å². The number of hydrogen-bond acceptors (Lipinski definition) is 4. The number of ketones is 1. The van der Waals surface area contributed by atoms with Gasteiger partial charge in [0.05, 0.1) is 0 Å². The molecule has 1 aromatic rings. The topological polar surface area (TPSA) is 52.6 Å². The summed E-state index contributed by atoms with van der Waals surface area (Å²) in [7, 11) is 1.37. The molecule has 16 heavy (non-hydrogen) atoms. The lowest BCUT2D eigenvalue weighted by atomic mass is 10.2. The molecule has 1 rings (SSSR count). The number of benzene rings is 1. The molecule has 0 N–H and O–H groups in total. The molecule has 0 saturated carbocycles. The third kappa shape index (κ3) is 3.47. The Morgan fingerprint density at radius 1 is 1.25 bits per heavy atom. The standard InChI is InChI=1S/C12H14O4/c1-9(15-2)11(13)12(14)16-8-10-6-4-3-5-7-10/h3-7,9H,8H2,1-2H3/t9-/m0/s1. The molecule has 0 spiro atoms. The van der Waals surface area contributed by atoms with E-state index in [9.17, 15) is 9.59 Å². The molecule has 0 aliphatic heterocycles. The van der Waals surface area contributed by atoms with E-state index in [-0.39, 0.29) is 6.61 Å². The molecule has 0 bridgehead atoms. The van der Waals surface area contributed by atoms with Gasteiger partial charge < -0.3 is 9.47 Å². The maximum absolute atomic E-state index is 11.3. The van der Waals surface area contributed by atoms with E-state index in [0.717, 1.165) is 5.56 Å². The molecule has 4 nitrogen and oxygen atoms in total. The monoisotopic (exact) mass is 222 g/mol. The number of esters is 1. The van der Waals surface area contributed by atoms with Crippen LogP contribution in [0.1, 0.15) is 12.5 Å². The lowest BCUT2D eigenvalue weighted by molar-refractivity contribution is -0.158. The largest absolute Gasteiger partial charge is 0.455 e. The predicted molar refractivity (Wildman–Crippen MR) is 57.7 cm³/mol. The molecule has 1 aromatic carbocycles. The van der Waals surface area contributed by atoms with Crippen molar-refractivity contribution in [3.63, 3.8) is 0 Å². The highest BCUT2D eigenvalue weighted by molar-refractivity contribution is 6.35. The van der Waals surface area contributed by atoms with Gasteiger partial charge in [-0.3, -0.25) is 4.79 Å². The minimum atomic E-state index is -0.863. The number of ether oxygens (including phenoxy) is 2. The van der Waals surface area contributed by atoms with Crippen LogP contribution in [-0.4, -0.2) is 25.0 Å². The fraction of sp³-hybridized carbons (Fsp3) is 0.333. The van der Waals surface area contributed by atoms with Crippen molar-refractivity contribution in [3.8, 4) is 0 Å². The Morgan fingerprint density at radius 3 is 2.44 bits per heavy atom. The van der Waals surface area contributed by atoms with Crippen molar-refractivity contribution < 1.29 is 19.1 Å². The number of rotatable bonds is 5. The summed E-state index contributed by atoms with van der Waals surface area (Å²) in [5.74, 6) is -1.53. The molecular weight excluding hydrogens is 208 g/mol. The Morgan fingerprint density at radius 2 is 1.88 bits per heavy atom. The van der Waals surface area contributed by atoms with Crippen molar-refractivity contribution in [2.75, 3.05) is 7.11 Å². The normalized spacial score (nSPS) is 11.9. The van der Waals surface area contributed by atoms with Gasteiger partial charge in [0.2, 0.25) is 0 Å². The van der Waals surface area contributed by atoms with E-state index < -0.39 is 17.9 Å². The van der Waals surface area contributed by atoms with Crippen LogP contribution in [0.5, 0.6) is 0 Å². The Bertz CT molecular complexity index is 359. The number of carbonyl (C=O) groups excluding carboxylic acids is 2. The Kier molecular flexibility index (Phi) is 4.66. The molecule has 0 aliphatic rings. The van der Waals surface area contributed by atoms with Crippen LogP contribution in [0.3, 0.4) is 0 Å². The van der Waals surface area contributed by atoms with E-state index in [2.05, 4.69) is 0 Å². The van der Waals surface area contributed by atoms with E-state index in [4.69, 9.17) is 9.47 Å². The second-order valence-electron chi connectivity index (χ2n) is 3.30. The molecular formula is C12H14O4. The summed E-state index contributed by atoms with van der Waals surface area (Å²) < 4.78 is 9.58. The summed E-state index contributed by atoms with van der Waals surface area (Å²) in [5, 5.41) is 0. The lowest BCUT2D eigenvalue weighted by Gasteiger charge is -2.08. The number of methoxy groups -OCH3 is 1. The third-order valence-electron chi connectivity index (χ3n) is 2.14. The average Bonchev–Trinajstić information content (AvgIpc) is 2.35. The Labute approximate surface area is 94.2 Å². The molecule has 0 aromatic heterocycles. The summed E-state index contributed by atoms with van der Waals surface area (Å²) in [4.78, 5) is 22.6. The zero-order valence-corrected chi connectivity index (χ0v) is 9.30. The van der Waals surface area contributed by atoms with Crippen molar-refractivity contribution in [3.05, 3.63) is 35.9 Å². The van der Waals surface area contributed by atoms with Crippen LogP contribution in [0, 0.1) is 0 Å². The van der Waals surface area contributed by atoms with Gasteiger partial charge in [0.25, 0.3) is 5.78 Å². The van der Waals surface area contributed by atoms with Crippen molar-refractivity contribution in [1.29, 1.82) is 0 Å². The minimum absolute atomic E-state index is 0.0991. The first-order chi connectivity index (χ1) is 7.65. The quantitative estimate of drug-likeness (QED) is 0.557. The molecule has 0 radical (unpaired) electrons. The van der Waals surface area contributed by atoms with Crippen molar-refractivity contribution in [2.24, 2.45) is 0 Å². The molecule has 0 unspecified atom stereocenters. The number of Topliss-reactive ketones (excluding diaryl/α,β-unsaturated/α-hetero) is 1. The number of hydrogen-bond donors (Lipinski definition) is 0. The zero-order valence-electron chi connectivity index (χ0n) is 9.30. The predicted octanol–water partition coefficient (Wildman–Crippen LogP) is 1.33. The average molecular weight is 222 g/mol. The zero-order chi connectivity index (χ0) is 12.0. The first-order valence-corrected chi connectivity index (χ1v) is 4.93. The van der Waals surface area contributed by atoms with Gasteiger partial charge in [-0.15, -0.1) is 0 Å². The molecule has 4 heteroatoms. The van der Waals surface area contributed by atoms with Gasteiger partial charge in [-0.05, 0) is 12.5 Å². The van der Waals surface area contributed by atoms with E-state index in [1.807, 2.05) is 30.3 Å². The SMILES string of the molecule is CO[C@@H](C)C(=O)C(=O)OCc1ccccc1. The van der Waals surface area contributed by atoms with Gasteiger partial charge >= 0.3 is 5.97 Å². The molecule has 0 aliphatic carbocycles. The van der Waals surface area contributed by atoms with E-state index in [0.29, 0.717) is 0 Å². The van der Waals surface area contributed by atoms with Crippen LogP contribution in [-0.2, 0) is 25.7 Å². The maximum atomic E-state index is 11.3. The summed E-state index contributed by atoms with van der Waals surface area (Å²) in [6.45, 7) is 1.61. The second-order valence-corrected chi connectivity index (χ2v) is 3.30. The van der Waals surface area contributed by atoms with Crippen LogP contribution in [0.4, 0.5) is 0 Å². The Balaban J connectivity index is 2.44. The van der Waals surface area contributed by atoms with Crippen LogP contribution in [0.2, 0.25) is 0 Å². The smallest absolute Gasteiger partial charge is 0.377 e. The fourth-order valence-electron chi connectivity index (χ4n) is 1.07. The summed E-state index contributed by atoms with van der Waals surface area (Å²) in [6.07, 6.45) is -0.761. The number of carbonyl (C=O) groups is 2. The van der Waals surface area contributed by atoms with Gasteiger partial charge in [-0.2, -0.15) is 0 Å². The summed E-state index contributed by atoms with van der Waals surface area (Å²) >= 11 is 0. The van der Waals surface area contributed by atoms with Crippen LogP contribution < -0.4 is 0 Å². The minimum Gasteiger partial charge on any atom is -0.455 e. The molecule has 0 fully saturated rings. The molecule has 0 heterocycles. The van der Waals surface area contributed by atoms with Gasteiger partial charge in [0, 0.05) is 7.11 Å².